The van der Waals surface area contributed by atoms with E-state index in [1.807, 2.05) is 4.57 Å². The summed E-state index contributed by atoms with van der Waals surface area (Å²) in [7, 11) is 0. The highest BCUT2D eigenvalue weighted by molar-refractivity contribution is 7.71. The Bertz CT molecular complexity index is 865. The molecular weight excluding hydrogens is 353 g/mol. The molecule has 0 aliphatic heterocycles. The molecule has 132 valence electrons. The third-order valence-corrected chi connectivity index (χ3v) is 4.04. The van der Waals surface area contributed by atoms with Crippen LogP contribution in [0.4, 0.5) is 13.2 Å². The van der Waals surface area contributed by atoms with Gasteiger partial charge in [-0.2, -0.15) is 18.3 Å². The fraction of sp³-hybridized carbons (Fsp3) is 0.312. The van der Waals surface area contributed by atoms with Crippen molar-refractivity contribution in [3.8, 4) is 0 Å². The van der Waals surface area contributed by atoms with Crippen molar-refractivity contribution in [1.82, 2.24) is 20.1 Å². The van der Waals surface area contributed by atoms with E-state index in [0.717, 1.165) is 25.0 Å². The summed E-state index contributed by atoms with van der Waals surface area (Å²) in [6.45, 7) is 0.190. The molecule has 0 radical (unpaired) electrons. The van der Waals surface area contributed by atoms with Crippen LogP contribution in [0.2, 0.25) is 0 Å². The highest BCUT2D eigenvalue weighted by atomic mass is 32.1. The summed E-state index contributed by atoms with van der Waals surface area (Å²) < 4.78 is 40.4. The number of hydrogen-bond acceptors (Lipinski definition) is 3. The van der Waals surface area contributed by atoms with Crippen LogP contribution in [0.25, 0.3) is 6.08 Å². The van der Waals surface area contributed by atoms with Gasteiger partial charge in [0, 0.05) is 12.1 Å². The van der Waals surface area contributed by atoms with E-state index in [1.165, 1.54) is 24.3 Å². The maximum absolute atomic E-state index is 12.7. The second kappa shape index (κ2) is 6.83. The third kappa shape index (κ3) is 4.36. The molecule has 5 nitrogen and oxygen atoms in total. The summed E-state index contributed by atoms with van der Waals surface area (Å²) in [4.78, 5) is 11.9. The number of carbonyl (C=O) groups is 1. The zero-order valence-electron chi connectivity index (χ0n) is 13.0. The van der Waals surface area contributed by atoms with Crippen molar-refractivity contribution in [2.45, 2.75) is 31.6 Å². The number of rotatable bonds is 5. The maximum Gasteiger partial charge on any atom is 0.416 e. The van der Waals surface area contributed by atoms with E-state index in [1.54, 1.807) is 0 Å². The minimum absolute atomic E-state index is 0.190. The molecule has 1 saturated carbocycles. The Morgan fingerprint density at radius 3 is 2.88 bits per heavy atom. The van der Waals surface area contributed by atoms with E-state index in [2.05, 4.69) is 15.5 Å². The van der Waals surface area contributed by atoms with Gasteiger partial charge in [0.15, 0.2) is 10.6 Å². The van der Waals surface area contributed by atoms with Crippen molar-refractivity contribution in [3.63, 3.8) is 0 Å². The summed E-state index contributed by atoms with van der Waals surface area (Å²) in [6, 6.07) is 5.10. The second-order valence-corrected chi connectivity index (χ2v) is 6.11. The first kappa shape index (κ1) is 17.4. The minimum Gasteiger partial charge on any atom is -0.345 e. The molecule has 2 aromatic rings. The van der Waals surface area contributed by atoms with Crippen molar-refractivity contribution >= 4 is 24.2 Å². The molecule has 1 amide bonds. The zero-order chi connectivity index (χ0) is 18.0. The van der Waals surface area contributed by atoms with Crippen LogP contribution < -0.4 is 5.32 Å². The number of benzene rings is 1. The van der Waals surface area contributed by atoms with Crippen LogP contribution in [0, 0.1) is 4.77 Å². The molecule has 1 fully saturated rings. The Morgan fingerprint density at radius 2 is 2.20 bits per heavy atom. The monoisotopic (exact) mass is 368 g/mol. The number of aromatic nitrogens is 3. The van der Waals surface area contributed by atoms with Crippen molar-refractivity contribution in [1.29, 1.82) is 0 Å². The normalized spacial score (nSPS) is 14.8. The molecule has 0 unspecified atom stereocenters. The summed E-state index contributed by atoms with van der Waals surface area (Å²) in [5.41, 5.74) is -0.458. The van der Waals surface area contributed by atoms with Gasteiger partial charge >= 0.3 is 6.18 Å². The molecule has 9 heteroatoms. The van der Waals surface area contributed by atoms with Crippen LogP contribution in [-0.4, -0.2) is 20.7 Å². The van der Waals surface area contributed by atoms with Crippen molar-refractivity contribution in [2.75, 3.05) is 0 Å². The van der Waals surface area contributed by atoms with E-state index in [0.29, 0.717) is 22.2 Å². The van der Waals surface area contributed by atoms with Crippen molar-refractivity contribution in [2.24, 2.45) is 0 Å². The number of nitrogens with zero attached hydrogens (tertiary/aromatic N) is 2. The molecule has 1 aromatic carbocycles. The standard InChI is InChI=1S/C16H15F3N4OS/c17-16(18,19)11-3-1-2-10(8-11)4-7-14(24)20-9-13-21-22-15(25)23(13)12-5-6-12/h1-4,7-8,12H,5-6,9H2,(H,20,24)(H,22,25)/b7-4+. The predicted molar refractivity (Wildman–Crippen MR) is 88.0 cm³/mol. The van der Waals surface area contributed by atoms with Crippen LogP contribution >= 0.6 is 12.2 Å². The SMILES string of the molecule is O=C(/C=C/c1cccc(C(F)(F)F)c1)NCc1n[nH]c(=S)n1C1CC1. The minimum atomic E-state index is -4.41. The van der Waals surface area contributed by atoms with Gasteiger partial charge in [0.2, 0.25) is 5.91 Å². The lowest BCUT2D eigenvalue weighted by molar-refractivity contribution is -0.137. The van der Waals surface area contributed by atoms with Gasteiger partial charge in [-0.25, -0.2) is 0 Å². The van der Waals surface area contributed by atoms with Crippen LogP contribution in [0.1, 0.15) is 35.8 Å². The highest BCUT2D eigenvalue weighted by Gasteiger charge is 2.30. The molecule has 25 heavy (non-hydrogen) atoms. The summed E-state index contributed by atoms with van der Waals surface area (Å²) in [5.74, 6) is 0.210. The van der Waals surface area contributed by atoms with Gasteiger partial charge in [0.1, 0.15) is 0 Å². The van der Waals surface area contributed by atoms with E-state index in [9.17, 15) is 18.0 Å². The summed E-state index contributed by atoms with van der Waals surface area (Å²) in [6.07, 6.45) is 0.180. The van der Waals surface area contributed by atoms with Crippen LogP contribution in [0.5, 0.6) is 0 Å². The number of carbonyl (C=O) groups excluding carboxylic acids is 1. The second-order valence-electron chi connectivity index (χ2n) is 5.72. The molecular formula is C16H15F3N4OS. The number of alkyl halides is 3. The predicted octanol–water partition coefficient (Wildman–Crippen LogP) is 3.62. The van der Waals surface area contributed by atoms with Crippen LogP contribution in [0.15, 0.2) is 30.3 Å². The first-order chi connectivity index (χ1) is 11.8. The van der Waals surface area contributed by atoms with E-state index >= 15 is 0 Å². The molecule has 0 atom stereocenters. The van der Waals surface area contributed by atoms with Gasteiger partial charge in [0.25, 0.3) is 0 Å². The van der Waals surface area contributed by atoms with Crippen molar-refractivity contribution in [3.05, 3.63) is 52.1 Å². The molecule has 0 spiro atoms. The number of hydrogen-bond donors (Lipinski definition) is 2. The quantitative estimate of drug-likeness (QED) is 0.626. The summed E-state index contributed by atoms with van der Waals surface area (Å²) in [5, 5.41) is 9.44. The lowest BCUT2D eigenvalue weighted by Gasteiger charge is -2.07. The smallest absolute Gasteiger partial charge is 0.345 e. The number of halogens is 3. The lowest BCUT2D eigenvalue weighted by atomic mass is 10.1. The van der Waals surface area contributed by atoms with Gasteiger partial charge < -0.3 is 5.32 Å². The molecule has 1 heterocycles. The fourth-order valence-electron chi connectivity index (χ4n) is 2.39. The Hall–Kier alpha value is -2.42. The first-order valence-electron chi connectivity index (χ1n) is 7.63. The Kier molecular flexibility index (Phi) is 4.76. The highest BCUT2D eigenvalue weighted by Crippen LogP contribution is 2.35. The number of H-pyrrole nitrogens is 1. The maximum atomic E-state index is 12.7. The summed E-state index contributed by atoms with van der Waals surface area (Å²) >= 11 is 5.15. The topological polar surface area (TPSA) is 62.7 Å². The fourth-order valence-corrected chi connectivity index (χ4v) is 2.69. The van der Waals surface area contributed by atoms with Gasteiger partial charge in [-0.05, 0) is 48.8 Å². The number of nitrogens with one attached hydrogen (secondary N) is 2. The average molecular weight is 368 g/mol. The Balaban J connectivity index is 1.61. The first-order valence-corrected chi connectivity index (χ1v) is 8.04. The van der Waals surface area contributed by atoms with Gasteiger partial charge in [-0.3, -0.25) is 14.5 Å². The molecule has 1 aliphatic rings. The average Bonchev–Trinajstić information content (AvgIpc) is 3.33. The molecule has 2 N–H and O–H groups in total. The molecule has 0 saturated heterocycles. The molecule has 0 bridgehead atoms. The van der Waals surface area contributed by atoms with Gasteiger partial charge in [-0.1, -0.05) is 12.1 Å². The van der Waals surface area contributed by atoms with E-state index < -0.39 is 17.6 Å². The zero-order valence-corrected chi connectivity index (χ0v) is 13.8. The Labute approximate surface area is 146 Å². The van der Waals surface area contributed by atoms with E-state index in [4.69, 9.17) is 12.2 Å². The van der Waals surface area contributed by atoms with Crippen LogP contribution in [0.3, 0.4) is 0 Å². The van der Waals surface area contributed by atoms with E-state index in [-0.39, 0.29) is 6.54 Å². The van der Waals surface area contributed by atoms with Crippen LogP contribution in [-0.2, 0) is 17.5 Å². The van der Waals surface area contributed by atoms with Gasteiger partial charge in [-0.15, -0.1) is 0 Å². The van der Waals surface area contributed by atoms with Gasteiger partial charge in [0.05, 0.1) is 12.1 Å². The molecule has 1 aliphatic carbocycles. The lowest BCUT2D eigenvalue weighted by Crippen LogP contribution is -2.22. The number of aromatic amines is 1. The van der Waals surface area contributed by atoms with Crippen molar-refractivity contribution < 1.29 is 18.0 Å². The Morgan fingerprint density at radius 1 is 1.44 bits per heavy atom. The molecule has 3 rings (SSSR count). The number of amides is 1. The largest absolute Gasteiger partial charge is 0.416 e. The molecule has 1 aromatic heterocycles. The third-order valence-electron chi connectivity index (χ3n) is 3.75.